The van der Waals surface area contributed by atoms with Gasteiger partial charge < -0.3 is 0 Å². The van der Waals surface area contributed by atoms with Crippen LogP contribution in [0.3, 0.4) is 0 Å². The average Bonchev–Trinajstić information content (AvgIpc) is 2.77. The van der Waals surface area contributed by atoms with Gasteiger partial charge in [-0.3, -0.25) is 4.84 Å². The Morgan fingerprint density at radius 2 is 1.85 bits per heavy atom. The molecule has 0 N–H and O–H groups in total. The number of fused-ring (bicyclic) bond motifs is 1. The zero-order chi connectivity index (χ0) is 13.8. The van der Waals surface area contributed by atoms with E-state index in [0.29, 0.717) is 18.1 Å². The van der Waals surface area contributed by atoms with Crippen molar-refractivity contribution >= 4 is 0 Å². The largest absolute Gasteiger partial charge is 0.295 e. The van der Waals surface area contributed by atoms with Crippen molar-refractivity contribution < 1.29 is 4.84 Å². The molecule has 3 unspecified atom stereocenters. The summed E-state index contributed by atoms with van der Waals surface area (Å²) in [6, 6.07) is 11.3. The first-order chi connectivity index (χ1) is 9.90. The zero-order valence-corrected chi connectivity index (χ0v) is 12.4. The number of nitrogens with zero attached hydrogens (tertiary/aromatic N) is 1. The third kappa shape index (κ3) is 2.82. The van der Waals surface area contributed by atoms with Gasteiger partial charge >= 0.3 is 0 Å². The quantitative estimate of drug-likeness (QED) is 0.750. The Labute approximate surface area is 122 Å². The molecular formula is C18H25NO. The van der Waals surface area contributed by atoms with Gasteiger partial charge in [0.05, 0.1) is 12.1 Å². The van der Waals surface area contributed by atoms with E-state index in [4.69, 9.17) is 4.84 Å². The summed E-state index contributed by atoms with van der Waals surface area (Å²) in [6.45, 7) is 3.26. The number of rotatable bonds is 3. The fraction of sp³-hybridized carbons (Fsp3) is 0.556. The van der Waals surface area contributed by atoms with Crippen molar-refractivity contribution in [2.24, 2.45) is 5.92 Å². The molecule has 1 aromatic rings. The Morgan fingerprint density at radius 3 is 2.60 bits per heavy atom. The Hall–Kier alpha value is -1.12. The number of hydrogen-bond donors (Lipinski definition) is 0. The first-order valence-corrected chi connectivity index (χ1v) is 8.03. The zero-order valence-electron chi connectivity index (χ0n) is 12.4. The van der Waals surface area contributed by atoms with Gasteiger partial charge in [-0.15, -0.1) is 0 Å². The van der Waals surface area contributed by atoms with Gasteiger partial charge in [0.25, 0.3) is 0 Å². The Bertz CT molecular complexity index is 442. The lowest BCUT2D eigenvalue weighted by Crippen LogP contribution is -2.25. The minimum Gasteiger partial charge on any atom is -0.295 e. The molecule has 1 aromatic carbocycles. The molecule has 2 aliphatic rings. The number of hydrogen-bond acceptors (Lipinski definition) is 2. The predicted octanol–water partition coefficient (Wildman–Crippen LogP) is 4.50. The van der Waals surface area contributed by atoms with E-state index in [0.717, 1.165) is 25.8 Å². The minimum atomic E-state index is 0.400. The van der Waals surface area contributed by atoms with Crippen LogP contribution in [0.15, 0.2) is 42.5 Å². The van der Waals surface area contributed by atoms with Gasteiger partial charge in [0.2, 0.25) is 0 Å². The second-order valence-electron chi connectivity index (χ2n) is 5.93. The van der Waals surface area contributed by atoms with Gasteiger partial charge in [-0.2, -0.15) is 5.06 Å². The van der Waals surface area contributed by atoms with Crippen LogP contribution in [0, 0.1) is 5.92 Å². The van der Waals surface area contributed by atoms with Gasteiger partial charge in [0.1, 0.15) is 0 Å². The third-order valence-corrected chi connectivity index (χ3v) is 4.50. The molecule has 1 fully saturated rings. The van der Waals surface area contributed by atoms with E-state index in [9.17, 15) is 0 Å². The van der Waals surface area contributed by atoms with E-state index in [-0.39, 0.29) is 0 Å². The summed E-state index contributed by atoms with van der Waals surface area (Å²) in [5.74, 6) is 0.633. The molecular weight excluding hydrogens is 246 g/mol. The summed E-state index contributed by atoms with van der Waals surface area (Å²) in [5.41, 5.74) is 1.41. The average molecular weight is 271 g/mol. The molecule has 1 saturated heterocycles. The van der Waals surface area contributed by atoms with E-state index < -0.39 is 0 Å². The van der Waals surface area contributed by atoms with Crippen molar-refractivity contribution in [1.29, 1.82) is 0 Å². The van der Waals surface area contributed by atoms with Crippen LogP contribution in [-0.2, 0) is 4.84 Å². The van der Waals surface area contributed by atoms with E-state index in [2.05, 4.69) is 54.5 Å². The molecule has 0 spiro atoms. The lowest BCUT2D eigenvalue weighted by Gasteiger charge is -2.26. The normalized spacial score (nSPS) is 32.4. The highest BCUT2D eigenvalue weighted by atomic mass is 16.7. The molecule has 0 aromatic heterocycles. The highest BCUT2D eigenvalue weighted by Crippen LogP contribution is 2.43. The molecule has 3 atom stereocenters. The SMILES string of the molecule is CCCN1OC2CC/C=C\CCC2C1c1ccccc1. The summed E-state index contributed by atoms with van der Waals surface area (Å²) < 4.78 is 0. The van der Waals surface area contributed by atoms with Gasteiger partial charge in [-0.05, 0) is 37.7 Å². The van der Waals surface area contributed by atoms with Crippen molar-refractivity contribution in [2.75, 3.05) is 6.54 Å². The summed E-state index contributed by atoms with van der Waals surface area (Å²) in [6.07, 6.45) is 10.9. The molecule has 108 valence electrons. The summed E-state index contributed by atoms with van der Waals surface area (Å²) in [7, 11) is 0. The van der Waals surface area contributed by atoms with Crippen molar-refractivity contribution in [3.63, 3.8) is 0 Å². The van der Waals surface area contributed by atoms with Crippen LogP contribution in [-0.4, -0.2) is 17.7 Å². The van der Waals surface area contributed by atoms with Gasteiger partial charge in [0, 0.05) is 12.5 Å². The fourth-order valence-corrected chi connectivity index (χ4v) is 3.61. The second kappa shape index (κ2) is 6.55. The number of benzene rings is 1. The lowest BCUT2D eigenvalue weighted by molar-refractivity contribution is -0.164. The molecule has 1 aliphatic heterocycles. The summed E-state index contributed by atoms with van der Waals surface area (Å²) >= 11 is 0. The van der Waals surface area contributed by atoms with Crippen LogP contribution in [0.25, 0.3) is 0 Å². The van der Waals surface area contributed by atoms with Crippen molar-refractivity contribution in [2.45, 2.75) is 51.2 Å². The van der Waals surface area contributed by atoms with Crippen LogP contribution in [0.2, 0.25) is 0 Å². The number of allylic oxidation sites excluding steroid dienone is 2. The third-order valence-electron chi connectivity index (χ3n) is 4.50. The molecule has 1 aliphatic carbocycles. The fourth-order valence-electron chi connectivity index (χ4n) is 3.61. The van der Waals surface area contributed by atoms with Gasteiger partial charge in [-0.1, -0.05) is 49.4 Å². The smallest absolute Gasteiger partial charge is 0.0843 e. The molecule has 2 heteroatoms. The number of hydroxylamine groups is 2. The van der Waals surface area contributed by atoms with Gasteiger partial charge in [-0.25, -0.2) is 0 Å². The van der Waals surface area contributed by atoms with Crippen LogP contribution in [0.4, 0.5) is 0 Å². The van der Waals surface area contributed by atoms with Crippen LogP contribution in [0.1, 0.15) is 50.6 Å². The van der Waals surface area contributed by atoms with Crippen molar-refractivity contribution in [1.82, 2.24) is 5.06 Å². The standard InChI is InChI=1S/C18H25NO/c1-2-14-19-18(15-10-6-5-7-11-15)16-12-8-3-4-9-13-17(16)20-19/h3-7,10-11,16-18H,2,8-9,12-14H2,1H3/b4-3-. The van der Waals surface area contributed by atoms with E-state index in [1.807, 2.05) is 0 Å². The summed E-state index contributed by atoms with van der Waals surface area (Å²) in [5, 5.41) is 2.26. The first-order valence-electron chi connectivity index (χ1n) is 8.03. The Morgan fingerprint density at radius 1 is 1.10 bits per heavy atom. The maximum absolute atomic E-state index is 6.31. The van der Waals surface area contributed by atoms with E-state index in [1.165, 1.54) is 18.4 Å². The lowest BCUT2D eigenvalue weighted by atomic mass is 9.83. The van der Waals surface area contributed by atoms with Crippen LogP contribution < -0.4 is 0 Å². The first kappa shape index (κ1) is 13.8. The predicted molar refractivity (Wildman–Crippen MR) is 82.2 cm³/mol. The molecule has 0 radical (unpaired) electrons. The topological polar surface area (TPSA) is 12.5 Å². The van der Waals surface area contributed by atoms with Crippen molar-refractivity contribution in [3.8, 4) is 0 Å². The van der Waals surface area contributed by atoms with Gasteiger partial charge in [0.15, 0.2) is 0 Å². The van der Waals surface area contributed by atoms with E-state index in [1.54, 1.807) is 0 Å². The highest BCUT2D eigenvalue weighted by Gasteiger charge is 2.42. The van der Waals surface area contributed by atoms with E-state index >= 15 is 0 Å². The van der Waals surface area contributed by atoms with Crippen molar-refractivity contribution in [3.05, 3.63) is 48.0 Å². The highest BCUT2D eigenvalue weighted by molar-refractivity contribution is 5.21. The maximum Gasteiger partial charge on any atom is 0.0843 e. The van der Waals surface area contributed by atoms with Crippen LogP contribution in [0.5, 0.6) is 0 Å². The Kier molecular flexibility index (Phi) is 4.54. The molecule has 0 amide bonds. The Balaban J connectivity index is 1.87. The minimum absolute atomic E-state index is 0.400. The van der Waals surface area contributed by atoms with Crippen LogP contribution >= 0.6 is 0 Å². The second-order valence-corrected chi connectivity index (χ2v) is 5.93. The summed E-state index contributed by atoms with van der Waals surface area (Å²) in [4.78, 5) is 6.31. The molecule has 2 nitrogen and oxygen atoms in total. The molecule has 1 heterocycles. The molecule has 20 heavy (non-hydrogen) atoms. The molecule has 3 rings (SSSR count). The maximum atomic E-state index is 6.31. The monoisotopic (exact) mass is 271 g/mol. The molecule has 0 bridgehead atoms. The molecule has 0 saturated carbocycles.